The lowest BCUT2D eigenvalue weighted by Crippen LogP contribution is -2.45. The summed E-state index contributed by atoms with van der Waals surface area (Å²) in [4.78, 5) is 14.7. The highest BCUT2D eigenvalue weighted by Gasteiger charge is 2.37. The van der Waals surface area contributed by atoms with Crippen LogP contribution in [0.3, 0.4) is 0 Å². The second kappa shape index (κ2) is 6.40. The third-order valence-electron chi connectivity index (χ3n) is 4.60. The second-order valence-corrected chi connectivity index (χ2v) is 7.27. The Morgan fingerprint density at radius 2 is 1.78 bits per heavy atom. The number of amides is 1. The summed E-state index contributed by atoms with van der Waals surface area (Å²) in [5.74, 6) is 1.49. The molecule has 0 radical (unpaired) electrons. The Morgan fingerprint density at radius 3 is 2.39 bits per heavy atom. The lowest BCUT2D eigenvalue weighted by atomic mass is 9.83. The fourth-order valence-corrected chi connectivity index (χ4v) is 3.78. The SMILES string of the molecule is CC(C)C(Br)C(=O)N1CCCC1C1CCCCC1. The first kappa shape index (κ1) is 14.4. The minimum Gasteiger partial charge on any atom is -0.338 e. The van der Waals surface area contributed by atoms with Gasteiger partial charge >= 0.3 is 0 Å². The van der Waals surface area contributed by atoms with Crippen molar-refractivity contribution in [1.82, 2.24) is 4.90 Å². The van der Waals surface area contributed by atoms with E-state index in [1.165, 1.54) is 44.9 Å². The second-order valence-electron chi connectivity index (χ2n) is 6.29. The summed E-state index contributed by atoms with van der Waals surface area (Å²) in [5.41, 5.74) is 0. The van der Waals surface area contributed by atoms with Gasteiger partial charge in [0.25, 0.3) is 0 Å². The molecule has 0 bridgehead atoms. The molecule has 2 fully saturated rings. The van der Waals surface area contributed by atoms with Crippen molar-refractivity contribution >= 4 is 21.8 Å². The molecular weight excluding hydrogens is 290 g/mol. The maximum absolute atomic E-state index is 12.5. The number of nitrogens with zero attached hydrogens (tertiary/aromatic N) is 1. The Balaban J connectivity index is 2.00. The number of carbonyl (C=O) groups excluding carboxylic acids is 1. The molecule has 0 aromatic rings. The van der Waals surface area contributed by atoms with E-state index in [9.17, 15) is 4.79 Å². The third-order valence-corrected chi connectivity index (χ3v) is 6.05. The molecule has 1 amide bonds. The van der Waals surface area contributed by atoms with Crippen molar-refractivity contribution in [3.63, 3.8) is 0 Å². The van der Waals surface area contributed by atoms with Gasteiger partial charge in [0.1, 0.15) is 0 Å². The summed E-state index contributed by atoms with van der Waals surface area (Å²) in [6.07, 6.45) is 9.23. The van der Waals surface area contributed by atoms with Crippen LogP contribution in [-0.2, 0) is 4.79 Å². The molecule has 1 heterocycles. The van der Waals surface area contributed by atoms with E-state index in [1.54, 1.807) is 0 Å². The van der Waals surface area contributed by atoms with Crippen LogP contribution < -0.4 is 0 Å². The zero-order valence-electron chi connectivity index (χ0n) is 11.7. The van der Waals surface area contributed by atoms with Gasteiger partial charge in [-0.05, 0) is 37.5 Å². The van der Waals surface area contributed by atoms with Crippen molar-refractivity contribution in [2.24, 2.45) is 11.8 Å². The highest BCUT2D eigenvalue weighted by Crippen LogP contribution is 2.35. The summed E-state index contributed by atoms with van der Waals surface area (Å²) in [7, 11) is 0. The number of likely N-dealkylation sites (tertiary alicyclic amines) is 1. The van der Waals surface area contributed by atoms with E-state index in [1.807, 2.05) is 0 Å². The molecular formula is C15H26BrNO. The molecule has 1 saturated heterocycles. The molecule has 2 atom stereocenters. The molecule has 2 nitrogen and oxygen atoms in total. The van der Waals surface area contributed by atoms with Gasteiger partial charge in [0, 0.05) is 12.6 Å². The van der Waals surface area contributed by atoms with E-state index in [2.05, 4.69) is 34.7 Å². The van der Waals surface area contributed by atoms with Gasteiger partial charge in [-0.15, -0.1) is 0 Å². The van der Waals surface area contributed by atoms with Crippen LogP contribution in [0.15, 0.2) is 0 Å². The minimum absolute atomic E-state index is 0.00157. The number of carbonyl (C=O) groups is 1. The molecule has 0 spiro atoms. The van der Waals surface area contributed by atoms with Crippen LogP contribution in [0.5, 0.6) is 0 Å². The minimum atomic E-state index is 0.00157. The smallest absolute Gasteiger partial charge is 0.236 e. The van der Waals surface area contributed by atoms with Crippen LogP contribution in [-0.4, -0.2) is 28.2 Å². The molecule has 1 aliphatic heterocycles. The topological polar surface area (TPSA) is 20.3 Å². The van der Waals surface area contributed by atoms with Crippen LogP contribution in [0, 0.1) is 11.8 Å². The zero-order chi connectivity index (χ0) is 13.1. The molecule has 2 unspecified atom stereocenters. The van der Waals surface area contributed by atoms with Crippen LogP contribution in [0.25, 0.3) is 0 Å². The number of hydrogen-bond donors (Lipinski definition) is 0. The predicted octanol–water partition coefficient (Wildman–Crippen LogP) is 3.98. The first-order valence-electron chi connectivity index (χ1n) is 7.56. The molecule has 0 N–H and O–H groups in total. The molecule has 104 valence electrons. The van der Waals surface area contributed by atoms with Crippen LogP contribution in [0.1, 0.15) is 58.8 Å². The quantitative estimate of drug-likeness (QED) is 0.721. The zero-order valence-corrected chi connectivity index (χ0v) is 13.3. The van der Waals surface area contributed by atoms with Crippen molar-refractivity contribution in [1.29, 1.82) is 0 Å². The molecule has 1 saturated carbocycles. The summed E-state index contributed by atoms with van der Waals surface area (Å²) < 4.78 is 0. The van der Waals surface area contributed by atoms with E-state index in [-0.39, 0.29) is 4.83 Å². The highest BCUT2D eigenvalue weighted by molar-refractivity contribution is 9.10. The van der Waals surface area contributed by atoms with Gasteiger partial charge in [-0.3, -0.25) is 4.79 Å². The average Bonchev–Trinajstić information content (AvgIpc) is 2.87. The van der Waals surface area contributed by atoms with E-state index in [0.29, 0.717) is 17.9 Å². The highest BCUT2D eigenvalue weighted by atomic mass is 79.9. The van der Waals surface area contributed by atoms with E-state index >= 15 is 0 Å². The number of alkyl halides is 1. The number of hydrogen-bond acceptors (Lipinski definition) is 1. The molecule has 0 aromatic carbocycles. The van der Waals surface area contributed by atoms with Gasteiger partial charge in [-0.1, -0.05) is 49.0 Å². The van der Waals surface area contributed by atoms with E-state index in [4.69, 9.17) is 0 Å². The lowest BCUT2D eigenvalue weighted by Gasteiger charge is -2.35. The van der Waals surface area contributed by atoms with Crippen molar-refractivity contribution in [2.45, 2.75) is 69.7 Å². The Kier molecular flexibility index (Phi) is 5.11. The molecule has 0 aromatic heterocycles. The summed E-state index contributed by atoms with van der Waals surface area (Å²) in [5, 5.41) is 0. The number of rotatable bonds is 3. The normalized spacial score (nSPS) is 27.8. The van der Waals surface area contributed by atoms with Gasteiger partial charge in [-0.25, -0.2) is 0 Å². The van der Waals surface area contributed by atoms with Crippen molar-refractivity contribution < 1.29 is 4.79 Å². The molecule has 2 rings (SSSR count). The maximum atomic E-state index is 12.5. The van der Waals surface area contributed by atoms with Gasteiger partial charge in [0.15, 0.2) is 0 Å². The van der Waals surface area contributed by atoms with Crippen LogP contribution >= 0.6 is 15.9 Å². The average molecular weight is 316 g/mol. The summed E-state index contributed by atoms with van der Waals surface area (Å²) in [6.45, 7) is 5.21. The van der Waals surface area contributed by atoms with Crippen molar-refractivity contribution in [3.05, 3.63) is 0 Å². The summed E-state index contributed by atoms with van der Waals surface area (Å²) in [6, 6.07) is 0.539. The largest absolute Gasteiger partial charge is 0.338 e. The Bertz CT molecular complexity index is 286. The van der Waals surface area contributed by atoms with Crippen molar-refractivity contribution in [3.8, 4) is 0 Å². The van der Waals surface area contributed by atoms with Gasteiger partial charge in [0.05, 0.1) is 4.83 Å². The maximum Gasteiger partial charge on any atom is 0.236 e. The molecule has 3 heteroatoms. The molecule has 18 heavy (non-hydrogen) atoms. The first-order chi connectivity index (χ1) is 8.61. The molecule has 1 aliphatic carbocycles. The third kappa shape index (κ3) is 3.09. The summed E-state index contributed by atoms with van der Waals surface area (Å²) >= 11 is 3.58. The van der Waals surface area contributed by atoms with E-state index < -0.39 is 0 Å². The van der Waals surface area contributed by atoms with Gasteiger partial charge < -0.3 is 4.90 Å². The fraction of sp³-hybridized carbons (Fsp3) is 0.933. The molecule has 2 aliphatic rings. The monoisotopic (exact) mass is 315 g/mol. The Labute approximate surface area is 120 Å². The fourth-order valence-electron chi connectivity index (χ4n) is 3.52. The van der Waals surface area contributed by atoms with Gasteiger partial charge in [-0.2, -0.15) is 0 Å². The first-order valence-corrected chi connectivity index (χ1v) is 8.47. The Morgan fingerprint density at radius 1 is 1.11 bits per heavy atom. The number of halogens is 1. The van der Waals surface area contributed by atoms with Crippen LogP contribution in [0.2, 0.25) is 0 Å². The van der Waals surface area contributed by atoms with E-state index in [0.717, 1.165) is 12.5 Å². The van der Waals surface area contributed by atoms with Crippen molar-refractivity contribution in [2.75, 3.05) is 6.54 Å². The van der Waals surface area contributed by atoms with Crippen LogP contribution in [0.4, 0.5) is 0 Å². The van der Waals surface area contributed by atoms with Gasteiger partial charge in [0.2, 0.25) is 5.91 Å². The predicted molar refractivity (Wildman–Crippen MR) is 78.9 cm³/mol. The standard InChI is InChI=1S/C15H26BrNO/c1-11(2)14(16)15(18)17-10-6-9-13(17)12-7-4-3-5-8-12/h11-14H,3-10H2,1-2H3. The lowest BCUT2D eigenvalue weighted by molar-refractivity contribution is -0.133. The Hall–Kier alpha value is -0.0500.